The van der Waals surface area contributed by atoms with Crippen LogP contribution in [0.3, 0.4) is 0 Å². The van der Waals surface area contributed by atoms with E-state index >= 15 is 0 Å². The van der Waals surface area contributed by atoms with Crippen LogP contribution in [0, 0.1) is 13.8 Å². The van der Waals surface area contributed by atoms with E-state index in [9.17, 15) is 31.1 Å². The fraction of sp³-hybridized carbons (Fsp3) is 0.310. The van der Waals surface area contributed by atoms with Crippen molar-refractivity contribution in [3.8, 4) is 16.9 Å². The molecule has 0 saturated heterocycles. The van der Waals surface area contributed by atoms with Crippen LogP contribution < -0.4 is 10.5 Å². The molecule has 12 nitrogen and oxygen atoms in total. The molecule has 260 valence electrons. The number of aliphatic carboxylic acids is 2. The van der Waals surface area contributed by atoms with Crippen LogP contribution >= 0.6 is 11.6 Å². The molecule has 0 radical (unpaired) electrons. The Kier molecular flexibility index (Phi) is 12.4. The maximum absolute atomic E-state index is 12.3. The molecule has 1 amide bonds. The van der Waals surface area contributed by atoms with Crippen LogP contribution in [0.1, 0.15) is 40.3 Å². The number of aryl methyl sites for hydroxylation is 1. The normalized spacial score (nSPS) is 11.9. The second-order valence-electron chi connectivity index (χ2n) is 10.0. The minimum atomic E-state index is -5.08. The maximum atomic E-state index is 12.3. The molecule has 4 aromatic rings. The fourth-order valence-electron chi connectivity index (χ4n) is 4.25. The van der Waals surface area contributed by atoms with Gasteiger partial charge in [0.05, 0.1) is 42.4 Å². The number of alkyl halides is 6. The first-order valence-corrected chi connectivity index (χ1v) is 13.7. The Labute approximate surface area is 273 Å². The van der Waals surface area contributed by atoms with E-state index in [1.165, 1.54) is 4.90 Å². The number of amides is 1. The van der Waals surface area contributed by atoms with Crippen molar-refractivity contribution in [2.45, 2.75) is 39.2 Å². The van der Waals surface area contributed by atoms with Crippen LogP contribution in [0.15, 0.2) is 36.8 Å². The Morgan fingerprint density at radius 2 is 1.54 bits per heavy atom. The van der Waals surface area contributed by atoms with E-state index in [1.54, 1.807) is 45.9 Å². The van der Waals surface area contributed by atoms with Gasteiger partial charge in [-0.2, -0.15) is 31.4 Å². The van der Waals surface area contributed by atoms with Crippen molar-refractivity contribution < 1.29 is 55.7 Å². The second-order valence-corrected chi connectivity index (χ2v) is 10.5. The van der Waals surface area contributed by atoms with Crippen molar-refractivity contribution in [1.29, 1.82) is 0 Å². The number of halogens is 7. The molecule has 0 bridgehead atoms. The number of ether oxygens (including phenoxy) is 1. The molecule has 0 saturated carbocycles. The summed E-state index contributed by atoms with van der Waals surface area (Å²) in [7, 11) is 5.02. The van der Waals surface area contributed by atoms with Gasteiger partial charge in [-0.1, -0.05) is 17.7 Å². The van der Waals surface area contributed by atoms with Gasteiger partial charge in [-0.05, 0) is 38.5 Å². The summed E-state index contributed by atoms with van der Waals surface area (Å²) in [4.78, 5) is 40.2. The molecule has 1 aromatic carbocycles. The fourth-order valence-corrected chi connectivity index (χ4v) is 4.46. The van der Waals surface area contributed by atoms with Crippen LogP contribution in [0.5, 0.6) is 5.75 Å². The molecule has 0 fully saturated rings. The predicted octanol–water partition coefficient (Wildman–Crippen LogP) is 5.93. The van der Waals surface area contributed by atoms with Crippen LogP contribution in [0.2, 0.25) is 5.02 Å². The lowest BCUT2D eigenvalue weighted by molar-refractivity contribution is -0.193. The van der Waals surface area contributed by atoms with Gasteiger partial charge in [0.15, 0.2) is 0 Å². The van der Waals surface area contributed by atoms with Gasteiger partial charge in [-0.15, -0.1) is 0 Å². The summed E-state index contributed by atoms with van der Waals surface area (Å²) in [5.41, 5.74) is 12.1. The first kappa shape index (κ1) is 39.1. The lowest BCUT2D eigenvalue weighted by atomic mass is 9.94. The molecule has 3 aromatic heterocycles. The first-order chi connectivity index (χ1) is 22.0. The van der Waals surface area contributed by atoms with Gasteiger partial charge in [-0.25, -0.2) is 9.59 Å². The number of carboxylic acids is 2. The van der Waals surface area contributed by atoms with E-state index < -0.39 is 24.3 Å². The van der Waals surface area contributed by atoms with E-state index in [0.29, 0.717) is 22.2 Å². The number of fused-ring (bicyclic) bond motifs is 1. The third-order valence-electron chi connectivity index (χ3n) is 6.51. The lowest BCUT2D eigenvalue weighted by Crippen LogP contribution is -2.22. The van der Waals surface area contributed by atoms with Crippen molar-refractivity contribution in [3.63, 3.8) is 0 Å². The minimum Gasteiger partial charge on any atom is -0.496 e. The van der Waals surface area contributed by atoms with Gasteiger partial charge in [-0.3, -0.25) is 19.4 Å². The highest BCUT2D eigenvalue weighted by atomic mass is 35.5. The van der Waals surface area contributed by atoms with Gasteiger partial charge in [0, 0.05) is 47.4 Å². The van der Waals surface area contributed by atoms with Crippen LogP contribution in [-0.2, 0) is 9.59 Å². The highest BCUT2D eigenvalue weighted by Crippen LogP contribution is 2.43. The number of carboxylic acid groups (broad SMARTS) is 2. The van der Waals surface area contributed by atoms with E-state index in [-0.39, 0.29) is 11.9 Å². The van der Waals surface area contributed by atoms with Crippen molar-refractivity contribution in [2.75, 3.05) is 26.9 Å². The molecule has 0 spiro atoms. The Hall–Kier alpha value is -5.13. The number of nitrogen functional groups attached to an aromatic ring is 1. The molecule has 48 heavy (non-hydrogen) atoms. The van der Waals surface area contributed by atoms with Gasteiger partial charge >= 0.3 is 24.3 Å². The average Bonchev–Trinajstić information content (AvgIpc) is 3.34. The second kappa shape index (κ2) is 15.2. The Balaban J connectivity index is 0.000000479. The van der Waals surface area contributed by atoms with Crippen molar-refractivity contribution in [1.82, 2.24) is 24.6 Å². The van der Waals surface area contributed by atoms with E-state index in [2.05, 4.69) is 9.97 Å². The van der Waals surface area contributed by atoms with Crippen molar-refractivity contribution in [2.24, 2.45) is 0 Å². The summed E-state index contributed by atoms with van der Waals surface area (Å²) in [5.74, 6) is -5.01. The summed E-state index contributed by atoms with van der Waals surface area (Å²) in [6.45, 7) is 5.89. The number of aromatic nitrogens is 4. The average molecular weight is 707 g/mol. The monoisotopic (exact) mass is 706 g/mol. The minimum absolute atomic E-state index is 0.163. The Morgan fingerprint density at radius 1 is 1.00 bits per heavy atom. The molecule has 1 atom stereocenters. The number of carbonyl (C=O) groups is 3. The van der Waals surface area contributed by atoms with Gasteiger partial charge in [0.25, 0.3) is 5.91 Å². The zero-order valence-electron chi connectivity index (χ0n) is 26.0. The smallest absolute Gasteiger partial charge is 0.490 e. The number of nitrogens with two attached hydrogens (primary N) is 1. The zero-order valence-corrected chi connectivity index (χ0v) is 26.8. The summed E-state index contributed by atoms with van der Waals surface area (Å²) in [6, 6.07) is 5.25. The summed E-state index contributed by atoms with van der Waals surface area (Å²) < 4.78 is 71.3. The highest BCUT2D eigenvalue weighted by Gasteiger charge is 2.39. The number of pyridine rings is 2. The zero-order chi connectivity index (χ0) is 36.9. The van der Waals surface area contributed by atoms with Gasteiger partial charge in [0.2, 0.25) is 0 Å². The number of carbonyl (C=O) groups excluding carboxylic acids is 1. The van der Waals surface area contributed by atoms with E-state index in [1.807, 2.05) is 37.6 Å². The topological polar surface area (TPSA) is 174 Å². The summed E-state index contributed by atoms with van der Waals surface area (Å²) in [6.07, 6.45) is -5.11. The first-order valence-electron chi connectivity index (χ1n) is 13.3. The molecule has 0 aliphatic rings. The quantitative estimate of drug-likeness (QED) is 0.211. The number of hydrogen-bond donors (Lipinski definition) is 3. The van der Waals surface area contributed by atoms with E-state index in [4.69, 9.17) is 47.0 Å². The number of nitrogens with zero attached hydrogens (tertiary/aromatic N) is 5. The standard InChI is InChI=1S/C25H27ClN6O2.2C2HF3O2/c1-13-18(26)9-17(15(3)32-21-12-28-11-19(27)23(21)14(2)30-32)24(34-6)22(13)16-7-8-20(29-10-16)25(33)31(4)5;2*3-2(4,5)1(6)7/h7-12,15H,27H2,1-6H3;2*(H,6,7). The SMILES string of the molecule is COc1c(C(C)n2nc(C)c3c(N)cncc32)cc(Cl)c(C)c1-c1ccc(C(=O)N(C)C)nc1.O=C(O)C(F)(F)F.O=C(O)C(F)(F)F. The van der Waals surface area contributed by atoms with Crippen LogP contribution in [0.4, 0.5) is 32.0 Å². The molecule has 3 heterocycles. The maximum Gasteiger partial charge on any atom is 0.490 e. The molecule has 4 N–H and O–H groups in total. The van der Waals surface area contributed by atoms with Gasteiger partial charge in [0.1, 0.15) is 11.4 Å². The van der Waals surface area contributed by atoms with Crippen LogP contribution in [0.25, 0.3) is 22.0 Å². The highest BCUT2D eigenvalue weighted by molar-refractivity contribution is 6.32. The molecule has 0 aliphatic carbocycles. The third-order valence-corrected chi connectivity index (χ3v) is 6.90. The summed E-state index contributed by atoms with van der Waals surface area (Å²) in [5, 5.41) is 20.5. The lowest BCUT2D eigenvalue weighted by Gasteiger charge is -2.22. The van der Waals surface area contributed by atoms with Gasteiger partial charge < -0.3 is 25.6 Å². The number of benzene rings is 1. The number of methoxy groups -OCH3 is 1. The molecule has 0 aliphatic heterocycles. The number of hydrogen-bond acceptors (Lipinski definition) is 8. The van der Waals surface area contributed by atoms with Crippen LogP contribution in [-0.4, -0.2) is 86.3 Å². The molecule has 4 rings (SSSR count). The molecule has 1 unspecified atom stereocenters. The van der Waals surface area contributed by atoms with E-state index in [0.717, 1.165) is 38.9 Å². The Bertz CT molecular complexity index is 1790. The molecule has 19 heteroatoms. The summed E-state index contributed by atoms with van der Waals surface area (Å²) >= 11 is 6.70. The van der Waals surface area contributed by atoms with Crippen molar-refractivity contribution in [3.05, 3.63) is 64.3 Å². The largest absolute Gasteiger partial charge is 0.496 e. The predicted molar refractivity (Wildman–Crippen MR) is 162 cm³/mol. The van der Waals surface area contributed by atoms with Crippen molar-refractivity contribution >= 4 is 46.0 Å². The number of anilines is 1. The molecular formula is C29H29ClF6N6O6. The number of rotatable bonds is 5. The molecular weight excluding hydrogens is 678 g/mol. The Morgan fingerprint density at radius 3 is 1.98 bits per heavy atom. The third kappa shape index (κ3) is 9.02.